The molecule has 0 bridgehead atoms. The van der Waals surface area contributed by atoms with Crippen LogP contribution in [0.5, 0.6) is 0 Å². The van der Waals surface area contributed by atoms with E-state index in [0.29, 0.717) is 5.04 Å². The normalized spacial score (nSPS) is 18.6. The van der Waals surface area contributed by atoms with Gasteiger partial charge in [0.05, 0.1) is 23.5 Å². The number of hydrogen-bond acceptors (Lipinski definition) is 7. The first kappa shape index (κ1) is 22.0. The largest absolute Gasteiger partial charge is 0.461 e. The number of fused-ring (bicyclic) bond motifs is 1. The van der Waals surface area contributed by atoms with Gasteiger partial charge in [0.25, 0.3) is 0 Å². The van der Waals surface area contributed by atoms with E-state index in [0.717, 1.165) is 29.2 Å². The number of aromatic amines is 1. The fourth-order valence-corrected chi connectivity index (χ4v) is 4.29. The Balaban J connectivity index is 1.76. The van der Waals surface area contributed by atoms with E-state index in [4.69, 9.17) is 14.5 Å². The second-order valence-corrected chi connectivity index (χ2v) is 9.03. The summed E-state index contributed by atoms with van der Waals surface area (Å²) < 4.78 is 10.5. The number of anilines is 1. The molecule has 3 rings (SSSR count). The molecular formula is C21H28N4O4S. The summed E-state index contributed by atoms with van der Waals surface area (Å²) in [6, 6.07) is -0.683. The van der Waals surface area contributed by atoms with Gasteiger partial charge in [0, 0.05) is 29.6 Å². The minimum Gasteiger partial charge on any atom is -0.461 e. The number of aliphatic imine (C=N–C) groups is 1. The predicted molar refractivity (Wildman–Crippen MR) is 120 cm³/mol. The summed E-state index contributed by atoms with van der Waals surface area (Å²) in [4.78, 5) is 32.6. The molecule has 1 aromatic heterocycles. The first-order chi connectivity index (χ1) is 14.3. The first-order valence-corrected chi connectivity index (χ1v) is 10.8. The maximum Gasteiger partial charge on any atom is 0.408 e. The number of carbonyl (C=O) groups excluding carboxylic acids is 2. The third kappa shape index (κ3) is 5.69. The molecule has 0 radical (unpaired) electrons. The van der Waals surface area contributed by atoms with Crippen molar-refractivity contribution in [2.75, 3.05) is 24.2 Å². The summed E-state index contributed by atoms with van der Waals surface area (Å²) >= 11 is 1.53. The van der Waals surface area contributed by atoms with Crippen LogP contribution >= 0.6 is 11.8 Å². The number of nitrogens with one attached hydrogen (secondary N) is 3. The van der Waals surface area contributed by atoms with Crippen molar-refractivity contribution in [1.82, 2.24) is 10.3 Å². The maximum atomic E-state index is 12.3. The molecule has 0 fully saturated rings. The quantitative estimate of drug-likeness (QED) is 0.449. The monoisotopic (exact) mass is 432 g/mol. The van der Waals surface area contributed by atoms with E-state index < -0.39 is 23.7 Å². The van der Waals surface area contributed by atoms with Crippen LogP contribution in [-0.4, -0.2) is 52.6 Å². The number of aromatic nitrogens is 1. The van der Waals surface area contributed by atoms with E-state index in [1.807, 2.05) is 6.20 Å². The third-order valence-corrected chi connectivity index (χ3v) is 5.55. The van der Waals surface area contributed by atoms with Gasteiger partial charge in [-0.15, -0.1) is 11.8 Å². The van der Waals surface area contributed by atoms with Gasteiger partial charge in [0.2, 0.25) is 0 Å². The number of hydrogen-bond donors (Lipinski definition) is 3. The molecule has 2 atom stereocenters. The van der Waals surface area contributed by atoms with Gasteiger partial charge in [-0.25, -0.2) is 4.79 Å². The molecule has 30 heavy (non-hydrogen) atoms. The zero-order valence-corrected chi connectivity index (χ0v) is 18.3. The average molecular weight is 433 g/mol. The summed E-state index contributed by atoms with van der Waals surface area (Å²) in [6.07, 6.45) is 6.98. The number of alkyl carbamates (subject to hydrolysis) is 1. The van der Waals surface area contributed by atoms with Gasteiger partial charge in [-0.2, -0.15) is 0 Å². The molecule has 1 aromatic rings. The van der Waals surface area contributed by atoms with Crippen LogP contribution < -0.4 is 10.6 Å². The van der Waals surface area contributed by atoms with Crippen LogP contribution in [0.4, 0.5) is 10.6 Å². The van der Waals surface area contributed by atoms with Crippen LogP contribution in [0.25, 0.3) is 6.08 Å². The molecule has 1 amide bonds. The van der Waals surface area contributed by atoms with Gasteiger partial charge in [0.15, 0.2) is 0 Å². The number of nitrogens with zero attached hydrogens (tertiary/aromatic N) is 1. The van der Waals surface area contributed by atoms with E-state index in [1.165, 1.54) is 17.8 Å². The average Bonchev–Trinajstić information content (AvgIpc) is 3.31. The van der Waals surface area contributed by atoms with Crippen LogP contribution in [0, 0.1) is 0 Å². The summed E-state index contributed by atoms with van der Waals surface area (Å²) in [6.45, 7) is 9.81. The van der Waals surface area contributed by atoms with Crippen LogP contribution in [0.3, 0.4) is 0 Å². The first-order valence-electron chi connectivity index (χ1n) is 9.85. The highest BCUT2D eigenvalue weighted by molar-refractivity contribution is 8.14. The van der Waals surface area contributed by atoms with Gasteiger partial charge in [-0.05, 0) is 20.8 Å². The summed E-state index contributed by atoms with van der Waals surface area (Å²) in [5, 5.41) is 6.76. The van der Waals surface area contributed by atoms with E-state index in [1.54, 1.807) is 20.8 Å². The SMILES string of the molecule is C=CCOC(=O)C[C@@H](NC(=O)OC(C)(C)C)C1=NC(c2c[nH]c3c2C=CCN3)CS1. The molecule has 3 heterocycles. The maximum absolute atomic E-state index is 12.3. The summed E-state index contributed by atoms with van der Waals surface area (Å²) in [5.41, 5.74) is 1.54. The van der Waals surface area contributed by atoms with Gasteiger partial charge < -0.3 is 25.1 Å². The van der Waals surface area contributed by atoms with Crippen molar-refractivity contribution in [1.29, 1.82) is 0 Å². The molecule has 0 spiro atoms. The Morgan fingerprint density at radius 3 is 3.00 bits per heavy atom. The Labute approximate surface area is 180 Å². The highest BCUT2D eigenvalue weighted by atomic mass is 32.2. The van der Waals surface area contributed by atoms with Crippen molar-refractivity contribution < 1.29 is 19.1 Å². The van der Waals surface area contributed by atoms with E-state index in [-0.39, 0.29) is 19.1 Å². The smallest absolute Gasteiger partial charge is 0.408 e. The fraction of sp³-hybridized carbons (Fsp3) is 0.476. The molecule has 3 N–H and O–H groups in total. The minimum absolute atomic E-state index is 0.0294. The molecule has 162 valence electrons. The molecule has 2 aliphatic heterocycles. The summed E-state index contributed by atoms with van der Waals surface area (Å²) in [5.74, 6) is 1.27. The van der Waals surface area contributed by atoms with Crippen LogP contribution in [0.1, 0.15) is 44.4 Å². The second-order valence-electron chi connectivity index (χ2n) is 7.98. The number of ether oxygens (including phenoxy) is 2. The highest BCUT2D eigenvalue weighted by Crippen LogP contribution is 2.37. The number of thioether (sulfide) groups is 1. The molecule has 0 aromatic carbocycles. The Kier molecular flexibility index (Phi) is 6.91. The van der Waals surface area contributed by atoms with Crippen LogP contribution in [-0.2, 0) is 14.3 Å². The van der Waals surface area contributed by atoms with Gasteiger partial charge >= 0.3 is 12.1 Å². The lowest BCUT2D eigenvalue weighted by molar-refractivity contribution is -0.142. The highest BCUT2D eigenvalue weighted by Gasteiger charge is 2.32. The van der Waals surface area contributed by atoms with Crippen molar-refractivity contribution in [2.24, 2.45) is 4.99 Å². The van der Waals surface area contributed by atoms with Crippen molar-refractivity contribution in [3.05, 3.63) is 36.1 Å². The molecule has 9 heteroatoms. The van der Waals surface area contributed by atoms with E-state index >= 15 is 0 Å². The zero-order chi connectivity index (χ0) is 21.7. The Bertz CT molecular complexity index is 869. The van der Waals surface area contributed by atoms with Crippen LogP contribution in [0.2, 0.25) is 0 Å². The van der Waals surface area contributed by atoms with Gasteiger partial charge in [-0.3, -0.25) is 9.79 Å². The van der Waals surface area contributed by atoms with Gasteiger partial charge in [-0.1, -0.05) is 24.8 Å². The van der Waals surface area contributed by atoms with Crippen molar-refractivity contribution in [3.63, 3.8) is 0 Å². The lowest BCUT2D eigenvalue weighted by atomic mass is 10.1. The number of rotatable bonds is 7. The molecule has 2 aliphatic rings. The molecule has 1 unspecified atom stereocenters. The molecule has 8 nitrogen and oxygen atoms in total. The topological polar surface area (TPSA) is 105 Å². The number of esters is 1. The van der Waals surface area contributed by atoms with Crippen molar-refractivity contribution >= 4 is 40.8 Å². The second kappa shape index (κ2) is 9.42. The van der Waals surface area contributed by atoms with E-state index in [9.17, 15) is 9.59 Å². The fourth-order valence-electron chi connectivity index (χ4n) is 3.16. The zero-order valence-electron chi connectivity index (χ0n) is 17.5. The Hall–Kier alpha value is -2.68. The minimum atomic E-state index is -0.644. The lowest BCUT2D eigenvalue weighted by Crippen LogP contribution is -2.43. The number of carbonyl (C=O) groups is 2. The van der Waals surface area contributed by atoms with Crippen LogP contribution in [0.15, 0.2) is 29.9 Å². The lowest BCUT2D eigenvalue weighted by Gasteiger charge is -2.23. The number of amides is 1. The molecule has 0 saturated heterocycles. The van der Waals surface area contributed by atoms with E-state index in [2.05, 4.69) is 34.3 Å². The molecule has 0 saturated carbocycles. The molecule has 0 aliphatic carbocycles. The standard InChI is InChI=1S/C21H28N4O4S/c1-5-9-28-17(26)10-15(25-20(27)29-21(2,3)4)19-24-16(12-30-19)14-11-23-18-13(14)7-6-8-22-18/h5-7,11,15-16,22-23H,1,8-10,12H2,2-4H3,(H,25,27)/t15-,16?/m1/s1. The Morgan fingerprint density at radius 2 is 2.27 bits per heavy atom. The van der Waals surface area contributed by atoms with Crippen molar-refractivity contribution in [2.45, 2.75) is 44.9 Å². The number of H-pyrrole nitrogens is 1. The van der Waals surface area contributed by atoms with Crippen molar-refractivity contribution in [3.8, 4) is 0 Å². The molecular weight excluding hydrogens is 404 g/mol. The third-order valence-electron chi connectivity index (χ3n) is 4.39. The van der Waals surface area contributed by atoms with Gasteiger partial charge in [0.1, 0.15) is 18.0 Å². The summed E-state index contributed by atoms with van der Waals surface area (Å²) in [7, 11) is 0. The Morgan fingerprint density at radius 1 is 1.47 bits per heavy atom. The predicted octanol–water partition coefficient (Wildman–Crippen LogP) is 3.65.